The fourth-order valence-electron chi connectivity index (χ4n) is 1.74. The first-order valence-corrected chi connectivity index (χ1v) is 9.11. The lowest BCUT2D eigenvalue weighted by atomic mass is 9.96. The van der Waals surface area contributed by atoms with Crippen LogP contribution in [0.2, 0.25) is 0 Å². The van der Waals surface area contributed by atoms with E-state index in [1.54, 1.807) is 32.9 Å². The lowest BCUT2D eigenvalue weighted by Gasteiger charge is -2.22. The first-order valence-electron chi connectivity index (χ1n) is 7.21. The number of alkyl halides is 3. The minimum absolute atomic E-state index is 0.117. The lowest BCUT2D eigenvalue weighted by molar-refractivity contribution is -0.181. The molecule has 1 rings (SSSR count). The van der Waals surface area contributed by atoms with Crippen LogP contribution in [0.5, 0.6) is 0 Å². The number of aromatic nitrogens is 1. The number of nitrogens with zero attached hydrogens (tertiary/aromatic N) is 2. The molecular weight excluding hydrogens is 425 g/mol. The van der Waals surface area contributed by atoms with Crippen LogP contribution in [-0.4, -0.2) is 37.2 Å². The number of carbonyl (C=O) groups is 1. The molecule has 140 valence electrons. The third-order valence-corrected chi connectivity index (χ3v) is 4.93. The normalized spacial score (nSPS) is 15.8. The minimum Gasteiger partial charge on any atom is -0.591 e. The third-order valence-electron chi connectivity index (χ3n) is 3.05. The van der Waals surface area contributed by atoms with Crippen molar-refractivity contribution in [2.75, 3.05) is 0 Å². The molecule has 0 aliphatic rings. The molecule has 0 bridgehead atoms. The Labute approximate surface area is 155 Å². The minimum atomic E-state index is -4.73. The lowest BCUT2D eigenvalue weighted by Crippen LogP contribution is -2.31. The van der Waals surface area contributed by atoms with Crippen LogP contribution >= 0.6 is 15.9 Å². The molecule has 0 aromatic carbocycles. The molecule has 0 radical (unpaired) electrons. The summed E-state index contributed by atoms with van der Waals surface area (Å²) >= 11 is 1.31. The van der Waals surface area contributed by atoms with Gasteiger partial charge in [0, 0.05) is 6.42 Å². The van der Waals surface area contributed by atoms with E-state index >= 15 is 0 Å². The van der Waals surface area contributed by atoms with Crippen LogP contribution in [0.15, 0.2) is 27.2 Å². The van der Waals surface area contributed by atoms with Crippen molar-refractivity contribution in [1.29, 1.82) is 0 Å². The van der Waals surface area contributed by atoms with E-state index < -0.39 is 47.0 Å². The molecule has 0 saturated carbocycles. The second-order valence-corrected chi connectivity index (χ2v) is 9.00. The van der Waals surface area contributed by atoms with Gasteiger partial charge in [-0.05, 0) is 48.8 Å². The van der Waals surface area contributed by atoms with Crippen molar-refractivity contribution in [3.63, 3.8) is 0 Å². The van der Waals surface area contributed by atoms with Crippen molar-refractivity contribution in [2.45, 2.75) is 44.5 Å². The van der Waals surface area contributed by atoms with Gasteiger partial charge in [0.15, 0.2) is 0 Å². The van der Waals surface area contributed by atoms with Gasteiger partial charge in [0.05, 0.1) is 18.0 Å². The number of pyridine rings is 1. The Hall–Kier alpha value is -1.13. The summed E-state index contributed by atoms with van der Waals surface area (Å²) in [7, 11) is 0. The van der Waals surface area contributed by atoms with E-state index in [-0.39, 0.29) is 11.4 Å². The average Bonchev–Trinajstić information content (AvgIpc) is 2.43. The van der Waals surface area contributed by atoms with Crippen molar-refractivity contribution in [1.82, 2.24) is 4.98 Å². The summed E-state index contributed by atoms with van der Waals surface area (Å²) in [5.41, 5.74) is -0.0234. The van der Waals surface area contributed by atoms with Crippen LogP contribution in [0.3, 0.4) is 0 Å². The molecular formula is C15H18BrF3N2O3S. The Morgan fingerprint density at radius 3 is 2.40 bits per heavy atom. The van der Waals surface area contributed by atoms with Gasteiger partial charge in [-0.1, -0.05) is 10.5 Å². The summed E-state index contributed by atoms with van der Waals surface area (Å²) in [6.45, 7) is 4.91. The molecule has 0 spiro atoms. The molecule has 1 aromatic rings. The first kappa shape index (κ1) is 21.9. The van der Waals surface area contributed by atoms with Crippen molar-refractivity contribution in [3.05, 3.63) is 28.5 Å². The Balaban J connectivity index is 3.30. The molecule has 1 aromatic heterocycles. The fourth-order valence-corrected chi connectivity index (χ4v) is 2.73. The molecule has 2 unspecified atom stereocenters. The van der Waals surface area contributed by atoms with Gasteiger partial charge < -0.3 is 9.66 Å². The van der Waals surface area contributed by atoms with E-state index in [1.165, 1.54) is 6.07 Å². The van der Waals surface area contributed by atoms with Crippen LogP contribution in [0.25, 0.3) is 0 Å². The Morgan fingerprint density at radius 2 is 1.96 bits per heavy atom. The molecule has 0 saturated heterocycles. The van der Waals surface area contributed by atoms with Gasteiger partial charge in [0.1, 0.15) is 26.4 Å². The van der Waals surface area contributed by atoms with Gasteiger partial charge in [0.25, 0.3) is 0 Å². The zero-order chi connectivity index (χ0) is 19.4. The number of rotatable bonds is 6. The molecule has 2 atom stereocenters. The highest BCUT2D eigenvalue weighted by atomic mass is 79.9. The van der Waals surface area contributed by atoms with Crippen molar-refractivity contribution >= 4 is 39.0 Å². The Kier molecular flexibility index (Phi) is 7.45. The average molecular weight is 443 g/mol. The predicted octanol–water partition coefficient (Wildman–Crippen LogP) is 4.14. The van der Waals surface area contributed by atoms with Crippen LogP contribution in [-0.2, 0) is 16.2 Å². The molecule has 1 N–H and O–H groups in total. The summed E-state index contributed by atoms with van der Waals surface area (Å²) in [6, 6.07) is 4.58. The molecule has 1 heterocycles. The maximum Gasteiger partial charge on any atom is 0.392 e. The van der Waals surface area contributed by atoms with Crippen LogP contribution in [0, 0.1) is 5.92 Å². The van der Waals surface area contributed by atoms with Gasteiger partial charge in [-0.2, -0.15) is 13.2 Å². The number of halogens is 4. The van der Waals surface area contributed by atoms with Gasteiger partial charge in [-0.25, -0.2) is 4.98 Å². The molecule has 5 nitrogen and oxygen atoms in total. The van der Waals surface area contributed by atoms with Crippen LogP contribution in [0.1, 0.15) is 39.3 Å². The first-order chi connectivity index (χ1) is 11.3. The molecule has 0 aliphatic heterocycles. The highest BCUT2D eigenvalue weighted by molar-refractivity contribution is 9.10. The summed E-state index contributed by atoms with van der Waals surface area (Å²) in [5, 5.41) is 8.76. The third kappa shape index (κ3) is 7.33. The summed E-state index contributed by atoms with van der Waals surface area (Å²) in [4.78, 5) is 14.8. The molecule has 0 aliphatic carbocycles. The highest BCUT2D eigenvalue weighted by Crippen LogP contribution is 2.33. The predicted molar refractivity (Wildman–Crippen MR) is 92.8 cm³/mol. The topological polar surface area (TPSA) is 85.6 Å². The van der Waals surface area contributed by atoms with E-state index in [0.29, 0.717) is 4.60 Å². The molecule has 10 heteroatoms. The molecule has 25 heavy (non-hydrogen) atoms. The van der Waals surface area contributed by atoms with Crippen molar-refractivity contribution < 1.29 is 27.6 Å². The number of carboxylic acids is 1. The second-order valence-electron chi connectivity index (χ2n) is 6.29. The fraction of sp³-hybridized carbons (Fsp3) is 0.533. The van der Waals surface area contributed by atoms with Crippen LogP contribution in [0.4, 0.5) is 13.2 Å². The number of hydrogen-bond donors (Lipinski definition) is 1. The zero-order valence-corrected chi connectivity index (χ0v) is 16.2. The Morgan fingerprint density at radius 1 is 1.36 bits per heavy atom. The van der Waals surface area contributed by atoms with Gasteiger partial charge in [0.2, 0.25) is 0 Å². The second kappa shape index (κ2) is 8.50. The standard InChI is InChI=1S/C15H18BrF3N2O3S/c1-14(2,3)25(24)21-11(10-5-4-6-12(16)20-10)7-9(8-13(22)23)15(17,18)19/h4-6,9H,7-8H2,1-3H3,(H,22,23)/b21-11+. The SMILES string of the molecule is CC(C)(C)[S+]([O-])/N=C(\CC(CC(=O)O)C(F)(F)F)c1cccc(Br)n1. The van der Waals surface area contributed by atoms with E-state index in [4.69, 9.17) is 5.11 Å². The number of carboxylic acid groups (broad SMARTS) is 1. The van der Waals surface area contributed by atoms with E-state index in [0.717, 1.165) is 0 Å². The monoisotopic (exact) mass is 442 g/mol. The largest absolute Gasteiger partial charge is 0.591 e. The quantitative estimate of drug-likeness (QED) is 0.407. The zero-order valence-electron chi connectivity index (χ0n) is 13.8. The van der Waals surface area contributed by atoms with E-state index in [9.17, 15) is 22.5 Å². The maximum atomic E-state index is 13.2. The van der Waals surface area contributed by atoms with Gasteiger partial charge in [-0.15, -0.1) is 0 Å². The summed E-state index contributed by atoms with van der Waals surface area (Å²) in [6.07, 6.45) is -6.55. The van der Waals surface area contributed by atoms with E-state index in [2.05, 4.69) is 25.3 Å². The van der Waals surface area contributed by atoms with Gasteiger partial charge in [-0.3, -0.25) is 4.79 Å². The highest BCUT2D eigenvalue weighted by Gasteiger charge is 2.42. The van der Waals surface area contributed by atoms with Crippen molar-refractivity contribution in [2.24, 2.45) is 10.3 Å². The number of hydrogen-bond acceptors (Lipinski definition) is 4. The van der Waals surface area contributed by atoms with Gasteiger partial charge >= 0.3 is 12.1 Å². The smallest absolute Gasteiger partial charge is 0.392 e. The molecule has 0 fully saturated rings. The number of aliphatic carboxylic acids is 1. The van der Waals surface area contributed by atoms with Crippen LogP contribution < -0.4 is 0 Å². The summed E-state index contributed by atoms with van der Waals surface area (Å²) in [5.74, 6) is -3.72. The Bertz CT molecular complexity index is 648. The van der Waals surface area contributed by atoms with Crippen molar-refractivity contribution in [3.8, 4) is 0 Å². The molecule has 0 amide bonds. The van der Waals surface area contributed by atoms with E-state index in [1.807, 2.05) is 0 Å². The summed E-state index contributed by atoms with van der Waals surface area (Å²) < 4.78 is 55.4. The maximum absolute atomic E-state index is 13.2.